The quantitative estimate of drug-likeness (QED) is 0.811. The molecule has 1 saturated heterocycles. The molecule has 0 aliphatic carbocycles. The largest absolute Gasteiger partial charge is 0.480 e. The van der Waals surface area contributed by atoms with Crippen LogP contribution in [-0.2, 0) is 20.9 Å². The van der Waals surface area contributed by atoms with Crippen LogP contribution in [-0.4, -0.2) is 45.9 Å². The average molecular weight is 414 g/mol. The Labute approximate surface area is 156 Å². The first-order valence-corrected chi connectivity index (χ1v) is 8.90. The van der Waals surface area contributed by atoms with E-state index in [1.807, 2.05) is 24.3 Å². The fraction of sp³-hybridized carbons (Fsp3) is 0.556. The lowest BCUT2D eigenvalue weighted by molar-refractivity contribution is -0.148. The van der Waals surface area contributed by atoms with Crippen molar-refractivity contribution < 1.29 is 24.2 Å². The van der Waals surface area contributed by atoms with Crippen molar-refractivity contribution in [3.63, 3.8) is 0 Å². The molecule has 7 heteroatoms. The van der Waals surface area contributed by atoms with Crippen LogP contribution in [0.4, 0.5) is 4.79 Å². The highest BCUT2D eigenvalue weighted by molar-refractivity contribution is 9.10. The molecule has 1 aliphatic rings. The van der Waals surface area contributed by atoms with E-state index >= 15 is 0 Å². The minimum Gasteiger partial charge on any atom is -0.480 e. The van der Waals surface area contributed by atoms with E-state index < -0.39 is 23.2 Å². The molecule has 0 spiro atoms. The molecule has 1 amide bonds. The van der Waals surface area contributed by atoms with Crippen molar-refractivity contribution >= 4 is 28.0 Å². The number of carboxylic acids is 1. The van der Waals surface area contributed by atoms with E-state index in [1.165, 1.54) is 11.8 Å². The Morgan fingerprint density at radius 2 is 1.92 bits per heavy atom. The number of carbonyl (C=O) groups is 2. The summed E-state index contributed by atoms with van der Waals surface area (Å²) in [5.41, 5.74) is -1.05. The molecule has 1 aromatic rings. The first-order chi connectivity index (χ1) is 11.5. The smallest absolute Gasteiger partial charge is 0.411 e. The van der Waals surface area contributed by atoms with Crippen LogP contribution in [0.2, 0.25) is 0 Å². The van der Waals surface area contributed by atoms with Crippen LogP contribution in [0, 0.1) is 0 Å². The van der Waals surface area contributed by atoms with Gasteiger partial charge in [0.2, 0.25) is 0 Å². The monoisotopic (exact) mass is 413 g/mol. The SMILES string of the molecule is CC(C)(C)OC(=O)N1CC(OCc2ccc(Br)cc2)C[C@@]1(C)C(=O)O. The van der Waals surface area contributed by atoms with Crippen molar-refractivity contribution in [2.75, 3.05) is 6.54 Å². The van der Waals surface area contributed by atoms with Gasteiger partial charge in [-0.25, -0.2) is 9.59 Å². The summed E-state index contributed by atoms with van der Waals surface area (Å²) in [7, 11) is 0. The lowest BCUT2D eigenvalue weighted by Gasteiger charge is -2.32. The fourth-order valence-corrected chi connectivity index (χ4v) is 2.99. The number of carbonyl (C=O) groups excluding carboxylic acids is 1. The highest BCUT2D eigenvalue weighted by Gasteiger charge is 2.51. The number of amides is 1. The molecule has 138 valence electrons. The zero-order chi connectivity index (χ0) is 18.8. The molecule has 0 bridgehead atoms. The molecular weight excluding hydrogens is 390 g/mol. The second-order valence-electron chi connectivity index (χ2n) is 7.43. The number of aliphatic carboxylic acids is 1. The van der Waals surface area contributed by atoms with Crippen LogP contribution in [0.15, 0.2) is 28.7 Å². The van der Waals surface area contributed by atoms with Crippen molar-refractivity contribution in [1.82, 2.24) is 4.90 Å². The zero-order valence-electron chi connectivity index (χ0n) is 14.9. The molecule has 1 unspecified atom stereocenters. The Bertz CT molecular complexity index is 640. The number of benzene rings is 1. The van der Waals surface area contributed by atoms with Gasteiger partial charge in [0.15, 0.2) is 0 Å². The standard InChI is InChI=1S/C18H24BrNO5/c1-17(2,3)25-16(23)20-10-14(9-18(20,4)15(21)22)24-11-12-5-7-13(19)8-6-12/h5-8,14H,9-11H2,1-4H3,(H,21,22)/t14?,18-/m0/s1. The van der Waals surface area contributed by atoms with Crippen molar-refractivity contribution in [2.24, 2.45) is 0 Å². The van der Waals surface area contributed by atoms with E-state index in [4.69, 9.17) is 9.47 Å². The number of ether oxygens (including phenoxy) is 2. The molecule has 6 nitrogen and oxygen atoms in total. The molecular formula is C18H24BrNO5. The third-order valence-electron chi connectivity index (χ3n) is 4.08. The van der Waals surface area contributed by atoms with Gasteiger partial charge in [-0.3, -0.25) is 4.90 Å². The van der Waals surface area contributed by atoms with Crippen molar-refractivity contribution in [3.05, 3.63) is 34.3 Å². The Balaban J connectivity index is 2.06. The molecule has 1 aromatic carbocycles. The normalized spacial score (nSPS) is 23.6. The van der Waals surface area contributed by atoms with E-state index in [2.05, 4.69) is 15.9 Å². The van der Waals surface area contributed by atoms with Gasteiger partial charge < -0.3 is 14.6 Å². The summed E-state index contributed by atoms with van der Waals surface area (Å²) < 4.78 is 12.2. The Morgan fingerprint density at radius 3 is 2.44 bits per heavy atom. The molecule has 2 rings (SSSR count). The first kappa shape index (κ1) is 19.7. The molecule has 2 atom stereocenters. The van der Waals surface area contributed by atoms with E-state index in [0.717, 1.165) is 10.0 Å². The summed E-state index contributed by atoms with van der Waals surface area (Å²) >= 11 is 3.38. The predicted octanol–water partition coefficient (Wildman–Crippen LogP) is 3.82. The maximum atomic E-state index is 12.4. The maximum absolute atomic E-state index is 12.4. The molecule has 1 heterocycles. The second-order valence-corrected chi connectivity index (χ2v) is 8.35. The molecule has 0 saturated carbocycles. The third kappa shape index (κ3) is 4.95. The summed E-state index contributed by atoms with van der Waals surface area (Å²) in [4.78, 5) is 25.4. The van der Waals surface area contributed by atoms with E-state index in [-0.39, 0.29) is 19.1 Å². The van der Waals surface area contributed by atoms with E-state index in [1.54, 1.807) is 20.8 Å². The summed E-state index contributed by atoms with van der Waals surface area (Å²) in [6, 6.07) is 7.70. The zero-order valence-corrected chi connectivity index (χ0v) is 16.5. The lowest BCUT2D eigenvalue weighted by Crippen LogP contribution is -2.52. The van der Waals surface area contributed by atoms with E-state index in [0.29, 0.717) is 6.61 Å². The predicted molar refractivity (Wildman–Crippen MR) is 96.3 cm³/mol. The minimum absolute atomic E-state index is 0.189. The Morgan fingerprint density at radius 1 is 1.32 bits per heavy atom. The topological polar surface area (TPSA) is 76.1 Å². The van der Waals surface area contributed by atoms with Gasteiger partial charge >= 0.3 is 12.1 Å². The van der Waals surface area contributed by atoms with Crippen molar-refractivity contribution in [2.45, 2.75) is 58.0 Å². The van der Waals surface area contributed by atoms with Gasteiger partial charge in [-0.05, 0) is 45.4 Å². The van der Waals surface area contributed by atoms with Crippen LogP contribution in [0.1, 0.15) is 39.7 Å². The summed E-state index contributed by atoms with van der Waals surface area (Å²) in [5, 5.41) is 9.61. The Hall–Kier alpha value is -1.60. The molecule has 0 aromatic heterocycles. The molecule has 1 N–H and O–H groups in total. The number of carboxylic acid groups (broad SMARTS) is 1. The van der Waals surface area contributed by atoms with Gasteiger partial charge in [-0.1, -0.05) is 28.1 Å². The molecule has 1 fully saturated rings. The van der Waals surface area contributed by atoms with Gasteiger partial charge in [-0.2, -0.15) is 0 Å². The maximum Gasteiger partial charge on any atom is 0.411 e. The molecule has 25 heavy (non-hydrogen) atoms. The second kappa shape index (κ2) is 7.33. The highest BCUT2D eigenvalue weighted by Crippen LogP contribution is 2.33. The van der Waals surface area contributed by atoms with E-state index in [9.17, 15) is 14.7 Å². The Kier molecular flexibility index (Phi) is 5.79. The number of halogens is 1. The van der Waals surface area contributed by atoms with Crippen molar-refractivity contribution in [1.29, 1.82) is 0 Å². The van der Waals surface area contributed by atoms with Crippen LogP contribution in [0.25, 0.3) is 0 Å². The number of likely N-dealkylation sites (tertiary alicyclic amines) is 1. The highest BCUT2D eigenvalue weighted by atomic mass is 79.9. The van der Waals surface area contributed by atoms with Crippen LogP contribution >= 0.6 is 15.9 Å². The van der Waals surface area contributed by atoms with Crippen LogP contribution < -0.4 is 0 Å². The number of nitrogens with zero attached hydrogens (tertiary/aromatic N) is 1. The number of rotatable bonds is 4. The number of hydrogen-bond acceptors (Lipinski definition) is 4. The van der Waals surface area contributed by atoms with Crippen LogP contribution in [0.5, 0.6) is 0 Å². The number of hydrogen-bond donors (Lipinski definition) is 1. The van der Waals surface area contributed by atoms with Gasteiger partial charge in [0.1, 0.15) is 11.1 Å². The van der Waals surface area contributed by atoms with Crippen LogP contribution in [0.3, 0.4) is 0 Å². The minimum atomic E-state index is -1.34. The van der Waals surface area contributed by atoms with Gasteiger partial charge in [0.25, 0.3) is 0 Å². The van der Waals surface area contributed by atoms with Crippen molar-refractivity contribution in [3.8, 4) is 0 Å². The van der Waals surface area contributed by atoms with Gasteiger partial charge in [-0.15, -0.1) is 0 Å². The fourth-order valence-electron chi connectivity index (χ4n) is 2.73. The first-order valence-electron chi connectivity index (χ1n) is 8.11. The molecule has 1 aliphatic heterocycles. The summed E-state index contributed by atoms with van der Waals surface area (Å²) in [6.07, 6.45) is -0.776. The average Bonchev–Trinajstić information content (AvgIpc) is 2.84. The van der Waals surface area contributed by atoms with Gasteiger partial charge in [0, 0.05) is 10.9 Å². The lowest BCUT2D eigenvalue weighted by atomic mass is 9.98. The summed E-state index contributed by atoms with van der Waals surface area (Å²) in [6.45, 7) is 7.33. The third-order valence-corrected chi connectivity index (χ3v) is 4.61. The van der Waals surface area contributed by atoms with Gasteiger partial charge in [0.05, 0.1) is 19.3 Å². The molecule has 0 radical (unpaired) electrons. The summed E-state index contributed by atoms with van der Waals surface area (Å²) in [5.74, 6) is -1.06.